The van der Waals surface area contributed by atoms with Crippen LogP contribution in [0.25, 0.3) is 0 Å². The van der Waals surface area contributed by atoms with Crippen molar-refractivity contribution in [2.45, 2.75) is 45.6 Å². The van der Waals surface area contributed by atoms with Crippen LogP contribution in [0.1, 0.15) is 27.7 Å². The van der Waals surface area contributed by atoms with Crippen LogP contribution in [-0.4, -0.2) is 73.2 Å². The van der Waals surface area contributed by atoms with Gasteiger partial charge in [-0.05, 0) is 27.7 Å². The first-order chi connectivity index (χ1) is 9.39. The first-order valence-electron chi connectivity index (χ1n) is 7.34. The van der Waals surface area contributed by atoms with E-state index in [0.717, 1.165) is 26.2 Å². The van der Waals surface area contributed by atoms with Crippen molar-refractivity contribution < 1.29 is 19.0 Å². The number of ether oxygens (including phenoxy) is 3. The normalized spacial score (nSPS) is 25.4. The van der Waals surface area contributed by atoms with Crippen molar-refractivity contribution in [3.8, 4) is 0 Å². The molecule has 0 radical (unpaired) electrons. The standard InChI is InChI=1S/C14H26N2O4/c1-5-18-12-10-15(6-7-19-12)11-8-16(9-11)13(17)20-14(2,3)4/h11-12H,5-10H2,1-4H3/t12-/m1/s1. The molecule has 2 aliphatic rings. The Hall–Kier alpha value is -0.850. The number of carbonyl (C=O) groups is 1. The molecule has 116 valence electrons. The highest BCUT2D eigenvalue weighted by Crippen LogP contribution is 2.21. The molecule has 0 spiro atoms. The molecule has 1 atom stereocenters. The maximum absolute atomic E-state index is 11.9. The number of morpholine rings is 1. The van der Waals surface area contributed by atoms with Crippen LogP contribution >= 0.6 is 0 Å². The van der Waals surface area contributed by atoms with E-state index in [9.17, 15) is 4.79 Å². The summed E-state index contributed by atoms with van der Waals surface area (Å²) in [6.07, 6.45) is -0.354. The smallest absolute Gasteiger partial charge is 0.410 e. The molecule has 2 aliphatic heterocycles. The van der Waals surface area contributed by atoms with E-state index in [0.29, 0.717) is 19.3 Å². The topological polar surface area (TPSA) is 51.2 Å². The van der Waals surface area contributed by atoms with Gasteiger partial charge in [-0.2, -0.15) is 0 Å². The summed E-state index contributed by atoms with van der Waals surface area (Å²) >= 11 is 0. The SMILES string of the molecule is CCO[C@H]1CN(C2CN(C(=O)OC(C)(C)C)C2)CCO1. The van der Waals surface area contributed by atoms with Gasteiger partial charge in [0.25, 0.3) is 0 Å². The lowest BCUT2D eigenvalue weighted by Crippen LogP contribution is -2.64. The predicted molar refractivity (Wildman–Crippen MR) is 74.5 cm³/mol. The molecule has 2 fully saturated rings. The third-order valence-electron chi connectivity index (χ3n) is 3.45. The third-order valence-corrected chi connectivity index (χ3v) is 3.45. The molecule has 0 aromatic carbocycles. The van der Waals surface area contributed by atoms with Crippen LogP contribution in [0, 0.1) is 0 Å². The van der Waals surface area contributed by atoms with Crippen molar-refractivity contribution in [2.75, 3.05) is 39.4 Å². The first kappa shape index (κ1) is 15.5. The highest BCUT2D eigenvalue weighted by molar-refractivity contribution is 5.69. The summed E-state index contributed by atoms with van der Waals surface area (Å²) in [6, 6.07) is 0.398. The molecule has 0 N–H and O–H groups in total. The van der Waals surface area contributed by atoms with Crippen molar-refractivity contribution in [1.82, 2.24) is 9.80 Å². The Balaban J connectivity index is 1.74. The van der Waals surface area contributed by atoms with Crippen molar-refractivity contribution in [2.24, 2.45) is 0 Å². The van der Waals surface area contributed by atoms with Crippen LogP contribution in [0.2, 0.25) is 0 Å². The van der Waals surface area contributed by atoms with Gasteiger partial charge in [0.15, 0.2) is 6.29 Å². The van der Waals surface area contributed by atoms with E-state index < -0.39 is 5.60 Å². The predicted octanol–water partition coefficient (Wildman–Crippen LogP) is 1.30. The molecule has 0 aromatic rings. The Kier molecular flexibility index (Phi) is 4.88. The van der Waals surface area contributed by atoms with Crippen LogP contribution in [0.3, 0.4) is 0 Å². The molecule has 0 unspecified atom stereocenters. The van der Waals surface area contributed by atoms with E-state index in [1.54, 1.807) is 4.90 Å². The molecule has 2 rings (SSSR count). The van der Waals surface area contributed by atoms with E-state index in [1.165, 1.54) is 0 Å². The van der Waals surface area contributed by atoms with Crippen LogP contribution in [0.5, 0.6) is 0 Å². The van der Waals surface area contributed by atoms with Crippen LogP contribution in [0.15, 0.2) is 0 Å². The summed E-state index contributed by atoms with van der Waals surface area (Å²) in [5.41, 5.74) is -0.429. The van der Waals surface area contributed by atoms with E-state index >= 15 is 0 Å². The van der Waals surface area contributed by atoms with E-state index in [-0.39, 0.29) is 12.4 Å². The molecule has 6 nitrogen and oxygen atoms in total. The Bertz CT molecular complexity index is 335. The summed E-state index contributed by atoms with van der Waals surface area (Å²) in [6.45, 7) is 12.1. The molecule has 0 aromatic heterocycles. The largest absolute Gasteiger partial charge is 0.444 e. The summed E-state index contributed by atoms with van der Waals surface area (Å²) in [5.74, 6) is 0. The molecule has 6 heteroatoms. The molecule has 0 bridgehead atoms. The fourth-order valence-electron chi connectivity index (χ4n) is 2.42. The minimum atomic E-state index is -0.429. The van der Waals surface area contributed by atoms with Gasteiger partial charge in [0, 0.05) is 32.3 Å². The number of rotatable bonds is 3. The molecule has 0 aliphatic carbocycles. The van der Waals surface area contributed by atoms with E-state index in [1.807, 2.05) is 27.7 Å². The number of nitrogens with zero attached hydrogens (tertiary/aromatic N) is 2. The van der Waals surface area contributed by atoms with Crippen molar-refractivity contribution in [3.63, 3.8) is 0 Å². The van der Waals surface area contributed by atoms with Crippen molar-refractivity contribution >= 4 is 6.09 Å². The lowest BCUT2D eigenvalue weighted by atomic mass is 10.1. The van der Waals surface area contributed by atoms with Gasteiger partial charge in [-0.15, -0.1) is 0 Å². The van der Waals surface area contributed by atoms with Crippen LogP contribution < -0.4 is 0 Å². The van der Waals surface area contributed by atoms with Gasteiger partial charge in [-0.1, -0.05) is 0 Å². The number of likely N-dealkylation sites (tertiary alicyclic amines) is 1. The lowest BCUT2D eigenvalue weighted by Gasteiger charge is -2.47. The zero-order chi connectivity index (χ0) is 14.8. The van der Waals surface area contributed by atoms with Gasteiger partial charge in [-0.25, -0.2) is 4.79 Å². The highest BCUT2D eigenvalue weighted by Gasteiger charge is 2.38. The molecule has 20 heavy (non-hydrogen) atoms. The average molecular weight is 286 g/mol. The van der Waals surface area contributed by atoms with Crippen LogP contribution in [0.4, 0.5) is 4.79 Å². The zero-order valence-corrected chi connectivity index (χ0v) is 12.9. The summed E-state index contributed by atoms with van der Waals surface area (Å²) in [4.78, 5) is 16.0. The van der Waals surface area contributed by atoms with Gasteiger partial charge < -0.3 is 19.1 Å². The average Bonchev–Trinajstić information content (AvgIpc) is 2.25. The minimum Gasteiger partial charge on any atom is -0.444 e. The molecule has 2 saturated heterocycles. The Morgan fingerprint density at radius 3 is 2.60 bits per heavy atom. The van der Waals surface area contributed by atoms with E-state index in [2.05, 4.69) is 4.90 Å². The third kappa shape index (κ3) is 4.07. The van der Waals surface area contributed by atoms with Gasteiger partial charge in [0.2, 0.25) is 0 Å². The highest BCUT2D eigenvalue weighted by atomic mass is 16.7. The fraction of sp³-hybridized carbons (Fsp3) is 0.929. The number of hydrogen-bond acceptors (Lipinski definition) is 5. The minimum absolute atomic E-state index is 0.135. The Morgan fingerprint density at radius 1 is 1.30 bits per heavy atom. The Labute approximate surface area is 120 Å². The molecule has 0 saturated carbocycles. The fourth-order valence-corrected chi connectivity index (χ4v) is 2.42. The number of amides is 1. The summed E-state index contributed by atoms with van der Waals surface area (Å²) in [7, 11) is 0. The first-order valence-corrected chi connectivity index (χ1v) is 7.34. The second kappa shape index (κ2) is 6.28. The number of carbonyl (C=O) groups excluding carboxylic acids is 1. The van der Waals surface area contributed by atoms with Crippen molar-refractivity contribution in [3.05, 3.63) is 0 Å². The van der Waals surface area contributed by atoms with E-state index in [4.69, 9.17) is 14.2 Å². The zero-order valence-electron chi connectivity index (χ0n) is 12.9. The second-order valence-electron chi connectivity index (χ2n) is 6.29. The lowest BCUT2D eigenvalue weighted by molar-refractivity contribution is -0.188. The second-order valence-corrected chi connectivity index (χ2v) is 6.29. The molecular weight excluding hydrogens is 260 g/mol. The van der Waals surface area contributed by atoms with Gasteiger partial charge >= 0.3 is 6.09 Å². The van der Waals surface area contributed by atoms with Gasteiger partial charge in [-0.3, -0.25) is 4.90 Å². The maximum atomic E-state index is 11.9. The molecule has 2 heterocycles. The van der Waals surface area contributed by atoms with Crippen LogP contribution in [-0.2, 0) is 14.2 Å². The van der Waals surface area contributed by atoms with Gasteiger partial charge in [0.05, 0.1) is 13.2 Å². The summed E-state index contributed by atoms with van der Waals surface area (Å²) in [5, 5.41) is 0. The van der Waals surface area contributed by atoms with Crippen molar-refractivity contribution in [1.29, 1.82) is 0 Å². The summed E-state index contributed by atoms with van der Waals surface area (Å²) < 4.78 is 16.4. The molecule has 1 amide bonds. The Morgan fingerprint density at radius 2 is 2.00 bits per heavy atom. The number of hydrogen-bond donors (Lipinski definition) is 0. The van der Waals surface area contributed by atoms with Gasteiger partial charge in [0.1, 0.15) is 5.60 Å². The quantitative estimate of drug-likeness (QED) is 0.783. The molecular formula is C14H26N2O4. The maximum Gasteiger partial charge on any atom is 0.410 e. The monoisotopic (exact) mass is 286 g/mol.